The summed E-state index contributed by atoms with van der Waals surface area (Å²) in [6.45, 7) is 9.16. The lowest BCUT2D eigenvalue weighted by atomic mass is 10.1. The number of guanidine groups is 1. The van der Waals surface area contributed by atoms with Crippen LogP contribution in [0.4, 0.5) is 0 Å². The molecule has 0 aliphatic heterocycles. The molecule has 0 amide bonds. The molecular weight excluding hydrogens is 300 g/mol. The number of hydrogen-bond donors (Lipinski definition) is 2. The molecule has 0 radical (unpaired) electrons. The fraction of sp³-hybridized carbons (Fsp3) is 0.632. The number of nitrogens with one attached hydrogen (secondary N) is 2. The molecule has 0 spiro atoms. The molecule has 24 heavy (non-hydrogen) atoms. The van der Waals surface area contributed by atoms with Crippen LogP contribution < -0.4 is 15.4 Å². The summed E-state index contributed by atoms with van der Waals surface area (Å²) in [5, 5.41) is 6.78. The van der Waals surface area contributed by atoms with Gasteiger partial charge in [0.05, 0.1) is 12.6 Å². The Balaban J connectivity index is 2.45. The van der Waals surface area contributed by atoms with Crippen molar-refractivity contribution in [1.82, 2.24) is 15.5 Å². The van der Waals surface area contributed by atoms with E-state index in [1.54, 1.807) is 7.05 Å². The molecule has 0 aliphatic carbocycles. The second-order valence-corrected chi connectivity index (χ2v) is 6.80. The van der Waals surface area contributed by atoms with Gasteiger partial charge in [-0.3, -0.25) is 4.99 Å². The van der Waals surface area contributed by atoms with Crippen LogP contribution in [0.5, 0.6) is 5.75 Å². The van der Waals surface area contributed by atoms with Crippen LogP contribution in [0.15, 0.2) is 29.3 Å². The maximum absolute atomic E-state index is 5.73. The lowest BCUT2D eigenvalue weighted by Gasteiger charge is -2.19. The Morgan fingerprint density at radius 3 is 2.38 bits per heavy atom. The van der Waals surface area contributed by atoms with E-state index in [2.05, 4.69) is 67.5 Å². The smallest absolute Gasteiger partial charge is 0.191 e. The van der Waals surface area contributed by atoms with Gasteiger partial charge in [-0.05, 0) is 57.6 Å². The average molecular weight is 335 g/mol. The van der Waals surface area contributed by atoms with E-state index in [0.29, 0.717) is 5.92 Å². The largest absolute Gasteiger partial charge is 0.493 e. The molecule has 1 rings (SSSR count). The van der Waals surface area contributed by atoms with Gasteiger partial charge in [0.1, 0.15) is 5.75 Å². The van der Waals surface area contributed by atoms with E-state index < -0.39 is 0 Å². The number of aliphatic imine (C=N–C) groups is 1. The number of rotatable bonds is 9. The monoisotopic (exact) mass is 334 g/mol. The number of ether oxygens (including phenoxy) is 1. The molecule has 5 nitrogen and oxygen atoms in total. The van der Waals surface area contributed by atoms with E-state index in [0.717, 1.165) is 37.8 Å². The van der Waals surface area contributed by atoms with E-state index in [1.165, 1.54) is 5.56 Å². The quantitative estimate of drug-likeness (QED) is 0.414. The standard InChI is InChI=1S/C19H34N4O/c1-15(2)14-24-18-10-8-17(9-11-18)16(3)22-19(20-4)21-12-7-13-23(5)6/h8-11,15-16H,7,12-14H2,1-6H3,(H2,20,21,22). The van der Waals surface area contributed by atoms with E-state index >= 15 is 0 Å². The molecule has 0 aliphatic rings. The Hall–Kier alpha value is -1.75. The molecule has 0 fully saturated rings. The summed E-state index contributed by atoms with van der Waals surface area (Å²) in [4.78, 5) is 6.48. The van der Waals surface area contributed by atoms with Crippen molar-refractivity contribution in [3.8, 4) is 5.75 Å². The molecule has 0 saturated carbocycles. The van der Waals surface area contributed by atoms with Crippen LogP contribution in [0.3, 0.4) is 0 Å². The summed E-state index contributed by atoms with van der Waals surface area (Å²) in [6, 6.07) is 8.45. The second kappa shape index (κ2) is 10.9. The van der Waals surface area contributed by atoms with Gasteiger partial charge in [-0.1, -0.05) is 26.0 Å². The molecule has 1 unspecified atom stereocenters. The first-order valence-electron chi connectivity index (χ1n) is 8.77. The van der Waals surface area contributed by atoms with Crippen molar-refractivity contribution in [2.24, 2.45) is 10.9 Å². The van der Waals surface area contributed by atoms with E-state index in [9.17, 15) is 0 Å². The van der Waals surface area contributed by atoms with E-state index in [4.69, 9.17) is 4.74 Å². The highest BCUT2D eigenvalue weighted by Gasteiger charge is 2.08. The normalized spacial score (nSPS) is 13.2. The van der Waals surface area contributed by atoms with Gasteiger partial charge < -0.3 is 20.3 Å². The third-order valence-electron chi connectivity index (χ3n) is 3.61. The first-order valence-corrected chi connectivity index (χ1v) is 8.77. The van der Waals surface area contributed by atoms with Crippen molar-refractivity contribution in [1.29, 1.82) is 0 Å². The summed E-state index contributed by atoms with van der Waals surface area (Å²) < 4.78 is 5.73. The maximum atomic E-state index is 5.73. The second-order valence-electron chi connectivity index (χ2n) is 6.80. The first-order chi connectivity index (χ1) is 11.4. The molecule has 0 aromatic heterocycles. The van der Waals surface area contributed by atoms with Gasteiger partial charge in [0.15, 0.2) is 5.96 Å². The molecular formula is C19H34N4O. The van der Waals surface area contributed by atoms with Crippen molar-refractivity contribution >= 4 is 5.96 Å². The molecule has 5 heteroatoms. The Bertz CT molecular complexity index is 483. The van der Waals surface area contributed by atoms with Gasteiger partial charge in [-0.2, -0.15) is 0 Å². The SMILES string of the molecule is CN=C(NCCCN(C)C)NC(C)c1ccc(OCC(C)C)cc1. The van der Waals surface area contributed by atoms with Gasteiger partial charge in [0.25, 0.3) is 0 Å². The zero-order valence-electron chi connectivity index (χ0n) is 16.1. The molecule has 1 atom stereocenters. The molecule has 0 bridgehead atoms. The van der Waals surface area contributed by atoms with Crippen molar-refractivity contribution in [3.05, 3.63) is 29.8 Å². The number of benzene rings is 1. The van der Waals surface area contributed by atoms with Crippen LogP contribution in [0.1, 0.15) is 38.8 Å². The number of nitrogens with zero attached hydrogens (tertiary/aromatic N) is 2. The van der Waals surface area contributed by atoms with Crippen LogP contribution in [0.2, 0.25) is 0 Å². The Kier molecular flexibility index (Phi) is 9.23. The van der Waals surface area contributed by atoms with Gasteiger partial charge in [-0.25, -0.2) is 0 Å². The van der Waals surface area contributed by atoms with Gasteiger partial charge in [-0.15, -0.1) is 0 Å². The highest BCUT2D eigenvalue weighted by Crippen LogP contribution is 2.18. The van der Waals surface area contributed by atoms with Crippen LogP contribution >= 0.6 is 0 Å². The summed E-state index contributed by atoms with van der Waals surface area (Å²) in [7, 11) is 5.98. The summed E-state index contributed by atoms with van der Waals surface area (Å²) in [5.41, 5.74) is 1.21. The topological polar surface area (TPSA) is 48.9 Å². The van der Waals surface area contributed by atoms with Crippen molar-refractivity contribution in [2.75, 3.05) is 40.8 Å². The maximum Gasteiger partial charge on any atom is 0.191 e. The van der Waals surface area contributed by atoms with Gasteiger partial charge in [0, 0.05) is 13.6 Å². The highest BCUT2D eigenvalue weighted by molar-refractivity contribution is 5.80. The Morgan fingerprint density at radius 1 is 1.17 bits per heavy atom. The van der Waals surface area contributed by atoms with Crippen molar-refractivity contribution in [3.63, 3.8) is 0 Å². The van der Waals surface area contributed by atoms with Crippen LogP contribution in [0, 0.1) is 5.92 Å². The minimum atomic E-state index is 0.184. The molecule has 1 aromatic rings. The van der Waals surface area contributed by atoms with Crippen LogP contribution in [-0.4, -0.2) is 51.7 Å². The summed E-state index contributed by atoms with van der Waals surface area (Å²) >= 11 is 0. The third-order valence-corrected chi connectivity index (χ3v) is 3.61. The van der Waals surface area contributed by atoms with Crippen LogP contribution in [0.25, 0.3) is 0 Å². The van der Waals surface area contributed by atoms with Crippen molar-refractivity contribution < 1.29 is 4.74 Å². The zero-order chi connectivity index (χ0) is 17.9. The Labute approximate surface area is 147 Å². The molecule has 1 aromatic carbocycles. The van der Waals surface area contributed by atoms with Crippen LogP contribution in [-0.2, 0) is 0 Å². The van der Waals surface area contributed by atoms with E-state index in [-0.39, 0.29) is 6.04 Å². The Morgan fingerprint density at radius 2 is 1.83 bits per heavy atom. The van der Waals surface area contributed by atoms with Gasteiger partial charge >= 0.3 is 0 Å². The lowest BCUT2D eigenvalue weighted by molar-refractivity contribution is 0.271. The first kappa shape index (κ1) is 20.3. The minimum absolute atomic E-state index is 0.184. The molecule has 0 heterocycles. The zero-order valence-corrected chi connectivity index (χ0v) is 16.1. The third kappa shape index (κ3) is 8.20. The summed E-state index contributed by atoms with van der Waals surface area (Å²) in [5.74, 6) is 2.29. The fourth-order valence-electron chi connectivity index (χ4n) is 2.20. The van der Waals surface area contributed by atoms with Crippen molar-refractivity contribution in [2.45, 2.75) is 33.2 Å². The molecule has 2 N–H and O–H groups in total. The molecule has 136 valence electrons. The minimum Gasteiger partial charge on any atom is -0.493 e. The predicted octanol–water partition coefficient (Wildman–Crippen LogP) is 2.90. The summed E-state index contributed by atoms with van der Waals surface area (Å²) in [6.07, 6.45) is 1.09. The lowest BCUT2D eigenvalue weighted by Crippen LogP contribution is -2.39. The average Bonchev–Trinajstić information content (AvgIpc) is 2.55. The van der Waals surface area contributed by atoms with E-state index in [1.807, 2.05) is 12.1 Å². The number of hydrogen-bond acceptors (Lipinski definition) is 3. The molecule has 0 saturated heterocycles. The predicted molar refractivity (Wildman–Crippen MR) is 103 cm³/mol. The highest BCUT2D eigenvalue weighted by atomic mass is 16.5. The fourth-order valence-corrected chi connectivity index (χ4v) is 2.20. The van der Waals surface area contributed by atoms with Gasteiger partial charge in [0.2, 0.25) is 0 Å².